The molecule has 2 N–H and O–H groups in total. The molecule has 1 rings (SSSR count). The lowest BCUT2D eigenvalue weighted by Gasteiger charge is -2.22. The molecule has 1 aliphatic heterocycles. The smallest absolute Gasteiger partial charge is 0.224 e. The first-order valence-corrected chi connectivity index (χ1v) is 6.89. The lowest BCUT2D eigenvalue weighted by Crippen LogP contribution is -2.37. The van der Waals surface area contributed by atoms with Crippen LogP contribution in [0.5, 0.6) is 0 Å². The summed E-state index contributed by atoms with van der Waals surface area (Å²) in [4.78, 5) is 11.6. The average Bonchev–Trinajstić information content (AvgIpc) is 2.27. The molecule has 1 aliphatic rings. The van der Waals surface area contributed by atoms with Crippen molar-refractivity contribution in [1.29, 1.82) is 0 Å². The molecule has 15 heavy (non-hydrogen) atoms. The zero-order valence-corrected chi connectivity index (χ0v) is 10.5. The van der Waals surface area contributed by atoms with Gasteiger partial charge in [-0.15, -0.1) is 0 Å². The molecular formula is C11H22N2OS. The van der Waals surface area contributed by atoms with Crippen molar-refractivity contribution in [3.8, 4) is 0 Å². The van der Waals surface area contributed by atoms with Gasteiger partial charge in [0.15, 0.2) is 0 Å². The van der Waals surface area contributed by atoms with Crippen LogP contribution in [0.2, 0.25) is 0 Å². The molecule has 1 amide bonds. The van der Waals surface area contributed by atoms with Gasteiger partial charge in [0, 0.05) is 19.0 Å². The van der Waals surface area contributed by atoms with E-state index >= 15 is 0 Å². The molecule has 0 aromatic rings. The molecule has 4 heteroatoms. The Morgan fingerprint density at radius 3 is 2.73 bits per heavy atom. The van der Waals surface area contributed by atoms with Gasteiger partial charge in [0.25, 0.3) is 0 Å². The highest BCUT2D eigenvalue weighted by Gasteiger charge is 2.16. The number of rotatable bonds is 5. The molecule has 0 aliphatic carbocycles. The topological polar surface area (TPSA) is 41.1 Å². The summed E-state index contributed by atoms with van der Waals surface area (Å²) in [7, 11) is 1.88. The van der Waals surface area contributed by atoms with Crippen LogP contribution in [0.1, 0.15) is 19.8 Å². The van der Waals surface area contributed by atoms with Crippen LogP contribution in [0.3, 0.4) is 0 Å². The van der Waals surface area contributed by atoms with Crippen molar-refractivity contribution in [2.24, 2.45) is 11.8 Å². The monoisotopic (exact) mass is 230 g/mol. The van der Waals surface area contributed by atoms with Gasteiger partial charge in [-0.25, -0.2) is 0 Å². The number of amides is 1. The first-order chi connectivity index (χ1) is 7.24. The van der Waals surface area contributed by atoms with Gasteiger partial charge < -0.3 is 10.6 Å². The van der Waals surface area contributed by atoms with Crippen LogP contribution < -0.4 is 10.6 Å². The van der Waals surface area contributed by atoms with Gasteiger partial charge in [0.1, 0.15) is 0 Å². The van der Waals surface area contributed by atoms with Crippen LogP contribution in [-0.2, 0) is 4.79 Å². The predicted octanol–water partition coefficient (Wildman–Crippen LogP) is 1.10. The van der Waals surface area contributed by atoms with E-state index in [1.807, 2.05) is 25.7 Å². The van der Waals surface area contributed by atoms with Crippen molar-refractivity contribution in [1.82, 2.24) is 10.6 Å². The second-order valence-electron chi connectivity index (χ2n) is 4.26. The van der Waals surface area contributed by atoms with Crippen molar-refractivity contribution >= 4 is 17.7 Å². The van der Waals surface area contributed by atoms with E-state index < -0.39 is 0 Å². The average molecular weight is 230 g/mol. The van der Waals surface area contributed by atoms with E-state index in [0.717, 1.165) is 13.1 Å². The minimum absolute atomic E-state index is 0.0768. The number of hydrogen-bond acceptors (Lipinski definition) is 3. The normalized spacial score (nSPS) is 19.9. The molecule has 0 saturated carbocycles. The predicted molar refractivity (Wildman–Crippen MR) is 66.1 cm³/mol. The third-order valence-electron chi connectivity index (χ3n) is 2.86. The van der Waals surface area contributed by atoms with Crippen LogP contribution in [0.4, 0.5) is 0 Å². The molecule has 0 radical (unpaired) electrons. The maximum absolute atomic E-state index is 11.6. The van der Waals surface area contributed by atoms with E-state index in [1.54, 1.807) is 0 Å². The highest BCUT2D eigenvalue weighted by molar-refractivity contribution is 7.99. The molecule has 1 atom stereocenters. The van der Waals surface area contributed by atoms with E-state index in [-0.39, 0.29) is 11.8 Å². The van der Waals surface area contributed by atoms with Crippen LogP contribution >= 0.6 is 11.8 Å². The van der Waals surface area contributed by atoms with E-state index in [9.17, 15) is 4.79 Å². The summed E-state index contributed by atoms with van der Waals surface area (Å²) >= 11 is 2.02. The van der Waals surface area contributed by atoms with Gasteiger partial charge >= 0.3 is 0 Å². The standard InChI is InChI=1S/C11H22N2OS/c1-9(7-12-2)11(14)13-8-10-3-5-15-6-4-10/h9-10,12H,3-8H2,1-2H3,(H,13,14). The fraction of sp³-hybridized carbons (Fsp3) is 0.909. The molecule has 88 valence electrons. The van der Waals surface area contributed by atoms with Gasteiger partial charge in [-0.3, -0.25) is 4.79 Å². The van der Waals surface area contributed by atoms with Crippen molar-refractivity contribution in [2.45, 2.75) is 19.8 Å². The maximum atomic E-state index is 11.6. The fourth-order valence-corrected chi connectivity index (χ4v) is 2.97. The minimum atomic E-state index is 0.0768. The largest absolute Gasteiger partial charge is 0.356 e. The molecule has 0 aromatic heterocycles. The van der Waals surface area contributed by atoms with Crippen LogP contribution in [0.25, 0.3) is 0 Å². The van der Waals surface area contributed by atoms with Crippen LogP contribution in [0, 0.1) is 11.8 Å². The number of carbonyl (C=O) groups excluding carboxylic acids is 1. The number of nitrogens with one attached hydrogen (secondary N) is 2. The van der Waals surface area contributed by atoms with Gasteiger partial charge in [-0.2, -0.15) is 11.8 Å². The van der Waals surface area contributed by atoms with E-state index in [4.69, 9.17) is 0 Å². The highest BCUT2D eigenvalue weighted by Crippen LogP contribution is 2.21. The maximum Gasteiger partial charge on any atom is 0.224 e. The summed E-state index contributed by atoms with van der Waals surface area (Å²) in [5, 5.41) is 6.07. The Balaban J connectivity index is 2.14. The van der Waals surface area contributed by atoms with Gasteiger partial charge in [-0.05, 0) is 37.3 Å². The Morgan fingerprint density at radius 2 is 2.13 bits per heavy atom. The summed E-state index contributed by atoms with van der Waals surface area (Å²) in [6.45, 7) is 3.59. The Labute approximate surface area is 96.8 Å². The summed E-state index contributed by atoms with van der Waals surface area (Å²) < 4.78 is 0. The third kappa shape index (κ3) is 4.89. The third-order valence-corrected chi connectivity index (χ3v) is 3.91. The lowest BCUT2D eigenvalue weighted by atomic mass is 10.0. The molecule has 1 unspecified atom stereocenters. The van der Waals surface area contributed by atoms with Crippen molar-refractivity contribution < 1.29 is 4.79 Å². The second kappa shape index (κ2) is 7.12. The molecule has 1 saturated heterocycles. The van der Waals surface area contributed by atoms with E-state index in [0.29, 0.717) is 5.92 Å². The molecule has 1 heterocycles. The Morgan fingerprint density at radius 1 is 1.47 bits per heavy atom. The molecular weight excluding hydrogens is 208 g/mol. The van der Waals surface area contributed by atoms with E-state index in [1.165, 1.54) is 24.3 Å². The van der Waals surface area contributed by atoms with Crippen molar-refractivity contribution in [2.75, 3.05) is 31.6 Å². The highest BCUT2D eigenvalue weighted by atomic mass is 32.2. The molecule has 0 bridgehead atoms. The van der Waals surface area contributed by atoms with Gasteiger partial charge in [-0.1, -0.05) is 6.92 Å². The molecule has 0 aromatic carbocycles. The van der Waals surface area contributed by atoms with Crippen LogP contribution in [-0.4, -0.2) is 37.6 Å². The van der Waals surface area contributed by atoms with E-state index in [2.05, 4.69) is 10.6 Å². The van der Waals surface area contributed by atoms with Gasteiger partial charge in [0.05, 0.1) is 0 Å². The zero-order valence-electron chi connectivity index (χ0n) is 9.71. The van der Waals surface area contributed by atoms with Crippen molar-refractivity contribution in [3.63, 3.8) is 0 Å². The fourth-order valence-electron chi connectivity index (χ4n) is 1.77. The second-order valence-corrected chi connectivity index (χ2v) is 5.48. The first-order valence-electron chi connectivity index (χ1n) is 5.74. The Bertz CT molecular complexity index is 193. The SMILES string of the molecule is CNCC(C)C(=O)NCC1CCSCC1. The first kappa shape index (κ1) is 12.8. The number of thioether (sulfide) groups is 1. The molecule has 1 fully saturated rings. The quantitative estimate of drug-likeness (QED) is 0.743. The summed E-state index contributed by atoms with van der Waals surface area (Å²) in [6.07, 6.45) is 2.51. The number of carbonyl (C=O) groups is 1. The molecule has 0 spiro atoms. The lowest BCUT2D eigenvalue weighted by molar-refractivity contribution is -0.124. The van der Waals surface area contributed by atoms with Crippen LogP contribution in [0.15, 0.2) is 0 Å². The molecule has 3 nitrogen and oxygen atoms in total. The Kier molecular flexibility index (Phi) is 6.10. The summed E-state index contributed by atoms with van der Waals surface area (Å²) in [5.74, 6) is 3.48. The van der Waals surface area contributed by atoms with Gasteiger partial charge in [0.2, 0.25) is 5.91 Å². The number of hydrogen-bond donors (Lipinski definition) is 2. The zero-order chi connectivity index (χ0) is 11.1. The Hall–Kier alpha value is -0.220. The minimum Gasteiger partial charge on any atom is -0.356 e. The summed E-state index contributed by atoms with van der Waals surface area (Å²) in [5.41, 5.74) is 0. The summed E-state index contributed by atoms with van der Waals surface area (Å²) in [6, 6.07) is 0. The van der Waals surface area contributed by atoms with Crippen molar-refractivity contribution in [3.05, 3.63) is 0 Å².